The summed E-state index contributed by atoms with van der Waals surface area (Å²) in [5.41, 5.74) is 6.73. The summed E-state index contributed by atoms with van der Waals surface area (Å²) in [6, 6.07) is 52.3. The summed E-state index contributed by atoms with van der Waals surface area (Å²) in [6.07, 6.45) is 9.43. The lowest BCUT2D eigenvalue weighted by Crippen LogP contribution is -2.08. The van der Waals surface area contributed by atoms with E-state index >= 15 is 0 Å². The van der Waals surface area contributed by atoms with Gasteiger partial charge in [0.05, 0.1) is 0 Å². The van der Waals surface area contributed by atoms with Crippen LogP contribution in [0.1, 0.15) is 18.2 Å². The van der Waals surface area contributed by atoms with Gasteiger partial charge < -0.3 is 0 Å². The highest BCUT2D eigenvalue weighted by molar-refractivity contribution is 7.26. The third-order valence-corrected chi connectivity index (χ3v) is 11.1. The molecular weight excluding hydrogens is 639 g/mol. The van der Waals surface area contributed by atoms with Gasteiger partial charge in [-0.05, 0) is 80.6 Å². The van der Waals surface area contributed by atoms with Gasteiger partial charge in [0.25, 0.3) is 0 Å². The van der Waals surface area contributed by atoms with Crippen LogP contribution in [0.5, 0.6) is 0 Å². The predicted octanol–water partition coefficient (Wildman–Crippen LogP) is 12.8. The number of aromatic nitrogens is 3. The molecule has 2 heterocycles. The second kappa shape index (κ2) is 12.3. The monoisotopic (exact) mass is 669 g/mol. The van der Waals surface area contributed by atoms with Gasteiger partial charge in [-0.15, -0.1) is 11.3 Å². The van der Waals surface area contributed by atoms with Crippen molar-refractivity contribution in [3.8, 4) is 45.0 Å². The summed E-state index contributed by atoms with van der Waals surface area (Å²) in [4.78, 5) is 15.5. The number of rotatable bonds is 5. The van der Waals surface area contributed by atoms with E-state index in [1.807, 2.05) is 29.5 Å². The molecule has 51 heavy (non-hydrogen) atoms. The molecule has 10 rings (SSSR count). The van der Waals surface area contributed by atoms with Crippen LogP contribution in [0.4, 0.5) is 0 Å². The molecule has 0 aliphatic heterocycles. The van der Waals surface area contributed by atoms with E-state index in [1.54, 1.807) is 0 Å². The van der Waals surface area contributed by atoms with E-state index in [2.05, 4.69) is 152 Å². The van der Waals surface area contributed by atoms with E-state index in [0.717, 1.165) is 34.5 Å². The summed E-state index contributed by atoms with van der Waals surface area (Å²) in [5.74, 6) is 2.28. The topological polar surface area (TPSA) is 38.7 Å². The van der Waals surface area contributed by atoms with Crippen molar-refractivity contribution >= 4 is 53.1 Å². The molecule has 0 amide bonds. The highest BCUT2D eigenvalue weighted by Crippen LogP contribution is 2.43. The third kappa shape index (κ3) is 5.24. The van der Waals surface area contributed by atoms with Gasteiger partial charge in [-0.25, -0.2) is 15.0 Å². The fraction of sp³-hybridized carbons (Fsp3) is 0.0426. The van der Waals surface area contributed by atoms with Gasteiger partial charge in [-0.2, -0.15) is 0 Å². The highest BCUT2D eigenvalue weighted by atomic mass is 32.1. The van der Waals surface area contributed by atoms with Crippen LogP contribution < -0.4 is 0 Å². The lowest BCUT2D eigenvalue weighted by Gasteiger charge is -2.16. The van der Waals surface area contributed by atoms with Crippen molar-refractivity contribution in [1.29, 1.82) is 0 Å². The zero-order valence-corrected chi connectivity index (χ0v) is 28.5. The number of nitrogens with zero attached hydrogens (tertiary/aromatic N) is 3. The van der Waals surface area contributed by atoms with Crippen LogP contribution in [0.15, 0.2) is 170 Å². The van der Waals surface area contributed by atoms with Crippen LogP contribution in [0.3, 0.4) is 0 Å². The van der Waals surface area contributed by atoms with E-state index < -0.39 is 0 Å². The van der Waals surface area contributed by atoms with Gasteiger partial charge in [-0.1, -0.05) is 140 Å². The minimum Gasteiger partial charge on any atom is -0.212 e. The minimum atomic E-state index is 0.0885. The predicted molar refractivity (Wildman–Crippen MR) is 215 cm³/mol. The first-order chi connectivity index (χ1) is 25.3. The summed E-state index contributed by atoms with van der Waals surface area (Å²) in [6.45, 7) is 0. The number of allylic oxidation sites excluding steroid dienone is 4. The number of benzene rings is 7. The molecule has 7 aromatic carbocycles. The van der Waals surface area contributed by atoms with Crippen molar-refractivity contribution in [3.05, 3.63) is 176 Å². The fourth-order valence-corrected chi connectivity index (χ4v) is 8.70. The Hall–Kier alpha value is -6.23. The smallest absolute Gasteiger partial charge is 0.164 e. The van der Waals surface area contributed by atoms with Crippen molar-refractivity contribution < 1.29 is 0 Å². The van der Waals surface area contributed by atoms with Crippen LogP contribution >= 0.6 is 11.3 Å². The van der Waals surface area contributed by atoms with Crippen molar-refractivity contribution in [2.24, 2.45) is 0 Å². The summed E-state index contributed by atoms with van der Waals surface area (Å²) >= 11 is 1.82. The minimum absolute atomic E-state index is 0.0885. The quantitative estimate of drug-likeness (QED) is 0.171. The maximum atomic E-state index is 5.25. The molecule has 1 atom stereocenters. The van der Waals surface area contributed by atoms with E-state index in [0.29, 0.717) is 11.6 Å². The van der Waals surface area contributed by atoms with Gasteiger partial charge in [0.15, 0.2) is 11.6 Å². The molecule has 9 aromatic rings. The Morgan fingerprint density at radius 1 is 0.471 bits per heavy atom. The Morgan fingerprint density at radius 3 is 2.06 bits per heavy atom. The zero-order valence-electron chi connectivity index (χ0n) is 27.7. The number of hydrogen-bond acceptors (Lipinski definition) is 4. The second-order valence-electron chi connectivity index (χ2n) is 13.1. The fourth-order valence-electron chi connectivity index (χ4n) is 7.52. The van der Waals surface area contributed by atoms with Gasteiger partial charge in [0.2, 0.25) is 0 Å². The lowest BCUT2D eigenvalue weighted by atomic mass is 9.91. The first-order valence-corrected chi connectivity index (χ1v) is 18.2. The standard InChI is InChI=1S/C47H31N3S/c1-3-14-30(15-4-1)45-48-46(31-16-5-2-6-17-31)50-47(49-45)41-28-35(29-43-44(41)39-24-11-12-25-42(39)51-43)32-19-13-20-33(26-32)40-27-34-18-7-8-21-36(34)37-22-9-10-23-38(37)40/h1-16,18-29,31H,17H2. The van der Waals surface area contributed by atoms with E-state index in [-0.39, 0.29) is 5.92 Å². The molecule has 0 radical (unpaired) electrons. The van der Waals surface area contributed by atoms with Crippen molar-refractivity contribution in [2.75, 3.05) is 0 Å². The van der Waals surface area contributed by atoms with Gasteiger partial charge in [0.1, 0.15) is 5.82 Å². The molecule has 0 spiro atoms. The Kier molecular flexibility index (Phi) is 7.14. The molecule has 0 saturated heterocycles. The average Bonchev–Trinajstić information content (AvgIpc) is 3.59. The van der Waals surface area contributed by atoms with E-state index in [1.165, 1.54) is 52.8 Å². The Labute approximate surface area is 299 Å². The highest BCUT2D eigenvalue weighted by Gasteiger charge is 2.21. The maximum Gasteiger partial charge on any atom is 0.164 e. The third-order valence-electron chi connectivity index (χ3n) is 9.99. The molecule has 1 unspecified atom stereocenters. The summed E-state index contributed by atoms with van der Waals surface area (Å²) in [5, 5.41) is 7.46. The van der Waals surface area contributed by atoms with E-state index in [9.17, 15) is 0 Å². The van der Waals surface area contributed by atoms with Gasteiger partial charge in [0, 0.05) is 37.2 Å². The summed E-state index contributed by atoms with van der Waals surface area (Å²) in [7, 11) is 0. The van der Waals surface area contributed by atoms with Crippen molar-refractivity contribution in [2.45, 2.75) is 12.3 Å². The first kappa shape index (κ1) is 29.7. The second-order valence-corrected chi connectivity index (χ2v) is 14.2. The molecular formula is C47H31N3S. The average molecular weight is 670 g/mol. The zero-order chi connectivity index (χ0) is 33.7. The molecule has 1 aliphatic rings. The SMILES string of the molecule is C1=CCC(c2nc(-c3ccccc3)nc(-c3cc(-c4cccc(-c5cc6ccccc6c6ccccc56)c4)cc4sc5ccccc5c34)n2)C=C1. The van der Waals surface area contributed by atoms with Crippen LogP contribution in [-0.4, -0.2) is 15.0 Å². The molecule has 0 N–H and O–H groups in total. The molecule has 0 saturated carbocycles. The molecule has 3 nitrogen and oxygen atoms in total. The molecule has 2 aromatic heterocycles. The largest absolute Gasteiger partial charge is 0.212 e. The first-order valence-electron chi connectivity index (χ1n) is 17.4. The van der Waals surface area contributed by atoms with Crippen molar-refractivity contribution in [3.63, 3.8) is 0 Å². The molecule has 4 heteroatoms. The molecule has 0 fully saturated rings. The van der Waals surface area contributed by atoms with Crippen LogP contribution in [0.25, 0.3) is 86.7 Å². The van der Waals surface area contributed by atoms with Crippen LogP contribution in [-0.2, 0) is 0 Å². The number of fused-ring (bicyclic) bond motifs is 6. The molecule has 1 aliphatic carbocycles. The van der Waals surface area contributed by atoms with E-state index in [4.69, 9.17) is 15.0 Å². The number of thiophene rings is 1. The van der Waals surface area contributed by atoms with Crippen LogP contribution in [0.2, 0.25) is 0 Å². The van der Waals surface area contributed by atoms with Gasteiger partial charge >= 0.3 is 0 Å². The molecule has 240 valence electrons. The Bertz CT molecular complexity index is 2850. The molecule has 0 bridgehead atoms. The normalized spacial score (nSPS) is 14.2. The maximum absolute atomic E-state index is 5.25. The van der Waals surface area contributed by atoms with Crippen LogP contribution in [0, 0.1) is 0 Å². The summed E-state index contributed by atoms with van der Waals surface area (Å²) < 4.78 is 2.47. The van der Waals surface area contributed by atoms with Gasteiger partial charge in [-0.3, -0.25) is 0 Å². The number of hydrogen-bond donors (Lipinski definition) is 0. The lowest BCUT2D eigenvalue weighted by molar-refractivity contribution is 0.764. The Morgan fingerprint density at radius 2 is 1.20 bits per heavy atom. The van der Waals surface area contributed by atoms with Crippen molar-refractivity contribution in [1.82, 2.24) is 15.0 Å². The Balaban J connectivity index is 1.20.